The van der Waals surface area contributed by atoms with E-state index >= 15 is 0 Å². The highest BCUT2D eigenvalue weighted by molar-refractivity contribution is 7.99. The summed E-state index contributed by atoms with van der Waals surface area (Å²) in [4.78, 5) is 13.5. The number of carbonyl (C=O) groups excluding carboxylic acids is 1. The highest BCUT2D eigenvalue weighted by atomic mass is 35.5. The molecule has 0 aliphatic carbocycles. The van der Waals surface area contributed by atoms with Crippen molar-refractivity contribution in [2.75, 3.05) is 0 Å². The standard InChI is InChI=1S/C16H11ClO2S/c1-10(18)19-14-8-11-4-2-3-5-15(11)20-16-7-6-12(17)9-13(14)16/h2-9H,1H3. The first kappa shape index (κ1) is 13.3. The second kappa shape index (κ2) is 5.35. The van der Waals surface area contributed by atoms with E-state index in [1.165, 1.54) is 6.92 Å². The first-order valence-corrected chi connectivity index (χ1v) is 7.30. The number of ether oxygens (including phenoxy) is 1. The molecular weight excluding hydrogens is 292 g/mol. The van der Waals surface area contributed by atoms with Crippen LogP contribution in [-0.2, 0) is 9.53 Å². The van der Waals surface area contributed by atoms with Crippen molar-refractivity contribution in [3.8, 4) is 0 Å². The summed E-state index contributed by atoms with van der Waals surface area (Å²) in [6.07, 6.45) is 1.88. The minimum Gasteiger partial charge on any atom is -0.426 e. The van der Waals surface area contributed by atoms with Gasteiger partial charge in [0.25, 0.3) is 0 Å². The molecule has 0 unspecified atom stereocenters. The first-order valence-electron chi connectivity index (χ1n) is 6.10. The molecule has 0 spiro atoms. The molecule has 0 bridgehead atoms. The van der Waals surface area contributed by atoms with Crippen molar-refractivity contribution in [2.24, 2.45) is 0 Å². The Morgan fingerprint density at radius 1 is 1.15 bits per heavy atom. The SMILES string of the molecule is CC(=O)OC1=Cc2ccccc2Sc2ccc(Cl)cc21. The van der Waals surface area contributed by atoms with Crippen LogP contribution >= 0.6 is 23.4 Å². The van der Waals surface area contributed by atoms with E-state index in [1.54, 1.807) is 11.8 Å². The normalized spacial score (nSPS) is 12.8. The number of hydrogen-bond acceptors (Lipinski definition) is 3. The summed E-state index contributed by atoms with van der Waals surface area (Å²) < 4.78 is 5.36. The van der Waals surface area contributed by atoms with Gasteiger partial charge >= 0.3 is 5.97 Å². The Hall–Kier alpha value is -1.71. The number of rotatable bonds is 1. The quantitative estimate of drug-likeness (QED) is 0.703. The third-order valence-electron chi connectivity index (χ3n) is 2.89. The molecule has 0 radical (unpaired) electrons. The van der Waals surface area contributed by atoms with Crippen LogP contribution in [0.15, 0.2) is 52.3 Å². The summed E-state index contributed by atoms with van der Waals surface area (Å²) in [6.45, 7) is 1.40. The summed E-state index contributed by atoms with van der Waals surface area (Å²) in [5.41, 5.74) is 1.87. The molecule has 2 aromatic carbocycles. The van der Waals surface area contributed by atoms with Crippen LogP contribution in [-0.4, -0.2) is 5.97 Å². The molecule has 3 rings (SSSR count). The Labute approximate surface area is 126 Å². The number of fused-ring (bicyclic) bond motifs is 2. The van der Waals surface area contributed by atoms with Crippen LogP contribution in [0.2, 0.25) is 5.02 Å². The van der Waals surface area contributed by atoms with Gasteiger partial charge < -0.3 is 4.74 Å². The molecule has 0 atom stereocenters. The molecule has 2 nitrogen and oxygen atoms in total. The minimum atomic E-state index is -0.341. The zero-order chi connectivity index (χ0) is 14.1. The van der Waals surface area contributed by atoms with Gasteiger partial charge in [0, 0.05) is 27.3 Å². The summed E-state index contributed by atoms with van der Waals surface area (Å²) in [5.74, 6) is 0.194. The fourth-order valence-electron chi connectivity index (χ4n) is 2.05. The summed E-state index contributed by atoms with van der Waals surface area (Å²) in [5, 5.41) is 0.619. The van der Waals surface area contributed by atoms with Gasteiger partial charge in [-0.15, -0.1) is 0 Å². The van der Waals surface area contributed by atoms with E-state index in [1.807, 2.05) is 48.5 Å². The summed E-state index contributed by atoms with van der Waals surface area (Å²) in [6, 6.07) is 13.6. The molecule has 0 saturated heterocycles. The molecule has 4 heteroatoms. The molecular formula is C16H11ClO2S. The predicted molar refractivity (Wildman–Crippen MR) is 81.7 cm³/mol. The Balaban J connectivity index is 2.21. The van der Waals surface area contributed by atoms with Crippen molar-refractivity contribution in [3.63, 3.8) is 0 Å². The van der Waals surface area contributed by atoms with Gasteiger partial charge in [-0.2, -0.15) is 0 Å². The van der Waals surface area contributed by atoms with Crippen molar-refractivity contribution in [1.29, 1.82) is 0 Å². The molecule has 0 fully saturated rings. The lowest BCUT2D eigenvalue weighted by atomic mass is 10.1. The third-order valence-corrected chi connectivity index (χ3v) is 4.29. The van der Waals surface area contributed by atoms with E-state index in [0.717, 1.165) is 20.9 Å². The average Bonchev–Trinajstić information content (AvgIpc) is 2.55. The van der Waals surface area contributed by atoms with E-state index < -0.39 is 0 Å². The lowest BCUT2D eigenvalue weighted by molar-refractivity contribution is -0.134. The molecule has 0 saturated carbocycles. The minimum absolute atomic E-state index is 0.341. The van der Waals surface area contributed by atoms with Gasteiger partial charge in [-0.25, -0.2) is 0 Å². The zero-order valence-electron chi connectivity index (χ0n) is 10.7. The van der Waals surface area contributed by atoms with Crippen molar-refractivity contribution in [2.45, 2.75) is 16.7 Å². The molecule has 20 heavy (non-hydrogen) atoms. The Kier molecular flexibility index (Phi) is 3.55. The molecule has 0 amide bonds. The maximum absolute atomic E-state index is 11.3. The topological polar surface area (TPSA) is 26.3 Å². The van der Waals surface area contributed by atoms with Crippen LogP contribution in [0.4, 0.5) is 0 Å². The van der Waals surface area contributed by atoms with E-state index in [9.17, 15) is 4.79 Å². The van der Waals surface area contributed by atoms with Crippen LogP contribution in [0.25, 0.3) is 11.8 Å². The summed E-state index contributed by atoms with van der Waals surface area (Å²) >= 11 is 7.71. The molecule has 1 aliphatic rings. The monoisotopic (exact) mass is 302 g/mol. The molecule has 0 N–H and O–H groups in total. The number of halogens is 1. The largest absolute Gasteiger partial charge is 0.426 e. The number of hydrogen-bond donors (Lipinski definition) is 0. The van der Waals surface area contributed by atoms with Crippen molar-refractivity contribution >= 4 is 41.2 Å². The van der Waals surface area contributed by atoms with E-state index in [4.69, 9.17) is 16.3 Å². The molecule has 1 heterocycles. The lowest BCUT2D eigenvalue weighted by Crippen LogP contribution is -1.99. The van der Waals surface area contributed by atoms with E-state index in [-0.39, 0.29) is 5.97 Å². The second-order valence-corrected chi connectivity index (χ2v) is 5.90. The van der Waals surface area contributed by atoms with E-state index in [2.05, 4.69) is 0 Å². The molecule has 2 aromatic rings. The third kappa shape index (κ3) is 2.60. The zero-order valence-corrected chi connectivity index (χ0v) is 12.3. The maximum Gasteiger partial charge on any atom is 0.308 e. The number of benzene rings is 2. The molecule has 100 valence electrons. The number of carbonyl (C=O) groups is 1. The highest BCUT2D eigenvalue weighted by Crippen LogP contribution is 2.41. The molecule has 1 aliphatic heterocycles. The van der Waals surface area contributed by atoms with Gasteiger partial charge in [-0.05, 0) is 35.9 Å². The van der Waals surface area contributed by atoms with Crippen LogP contribution in [0, 0.1) is 0 Å². The van der Waals surface area contributed by atoms with Crippen LogP contribution in [0.5, 0.6) is 0 Å². The maximum atomic E-state index is 11.3. The van der Waals surface area contributed by atoms with Gasteiger partial charge in [0.2, 0.25) is 0 Å². The molecule has 0 aromatic heterocycles. The van der Waals surface area contributed by atoms with Crippen molar-refractivity contribution in [3.05, 3.63) is 58.6 Å². The smallest absolute Gasteiger partial charge is 0.308 e. The fraction of sp³-hybridized carbons (Fsp3) is 0.0625. The first-order chi connectivity index (χ1) is 9.63. The lowest BCUT2D eigenvalue weighted by Gasteiger charge is -2.10. The predicted octanol–water partition coefficient (Wildman–Crippen LogP) is 4.87. The van der Waals surface area contributed by atoms with Gasteiger partial charge in [-0.3, -0.25) is 4.79 Å². The van der Waals surface area contributed by atoms with Gasteiger partial charge in [-0.1, -0.05) is 41.6 Å². The number of esters is 1. The van der Waals surface area contributed by atoms with Gasteiger partial charge in [0.05, 0.1) is 0 Å². The van der Waals surface area contributed by atoms with Crippen LogP contribution in [0.1, 0.15) is 18.1 Å². The van der Waals surface area contributed by atoms with Gasteiger partial charge in [0.1, 0.15) is 5.76 Å². The fourth-order valence-corrected chi connectivity index (χ4v) is 3.26. The summed E-state index contributed by atoms with van der Waals surface area (Å²) in [7, 11) is 0. The van der Waals surface area contributed by atoms with Crippen molar-refractivity contribution < 1.29 is 9.53 Å². The van der Waals surface area contributed by atoms with Crippen LogP contribution < -0.4 is 0 Å². The van der Waals surface area contributed by atoms with Crippen molar-refractivity contribution in [1.82, 2.24) is 0 Å². The highest BCUT2D eigenvalue weighted by Gasteiger charge is 2.18. The Bertz CT molecular complexity index is 722. The Morgan fingerprint density at radius 2 is 1.95 bits per heavy atom. The van der Waals surface area contributed by atoms with Gasteiger partial charge in [0.15, 0.2) is 0 Å². The van der Waals surface area contributed by atoms with Crippen LogP contribution in [0.3, 0.4) is 0 Å². The average molecular weight is 303 g/mol. The Morgan fingerprint density at radius 3 is 2.75 bits per heavy atom. The second-order valence-electron chi connectivity index (χ2n) is 4.38. The van der Waals surface area contributed by atoms with E-state index in [0.29, 0.717) is 10.8 Å².